The van der Waals surface area contributed by atoms with Gasteiger partial charge in [0, 0.05) is 13.0 Å². The van der Waals surface area contributed by atoms with Crippen LogP contribution in [0.25, 0.3) is 0 Å². The number of hydrogen-bond donors (Lipinski definition) is 8. The molecule has 1 aliphatic rings. The number of hydrogen-bond acceptors (Lipinski definition) is 7. The van der Waals surface area contributed by atoms with Crippen LogP contribution in [0.15, 0.2) is 12.2 Å². The van der Waals surface area contributed by atoms with Gasteiger partial charge in [0.1, 0.15) is 18.3 Å². The number of carbonyl (C=O) groups is 1. The van der Waals surface area contributed by atoms with Crippen molar-refractivity contribution in [2.45, 2.75) is 69.8 Å². The first-order valence-electron chi connectivity index (χ1n) is 8.86. The van der Waals surface area contributed by atoms with Crippen LogP contribution in [-0.4, -0.2) is 85.9 Å². The first-order chi connectivity index (χ1) is 12.0. The van der Waals surface area contributed by atoms with E-state index in [1.54, 1.807) is 0 Å². The van der Waals surface area contributed by atoms with Crippen molar-refractivity contribution < 1.29 is 35.4 Å². The summed E-state index contributed by atoms with van der Waals surface area (Å²) in [6.07, 6.45) is -4.26. The lowest BCUT2D eigenvalue weighted by atomic mass is 9.88. The highest BCUT2D eigenvalue weighted by Crippen LogP contribution is 2.19. The molecule has 0 saturated carbocycles. The van der Waals surface area contributed by atoms with Crippen molar-refractivity contribution in [3.63, 3.8) is 0 Å². The molecule has 8 N–H and O–H groups in total. The van der Waals surface area contributed by atoms with Crippen molar-refractivity contribution in [2.75, 3.05) is 6.54 Å². The van der Waals surface area contributed by atoms with Crippen molar-refractivity contribution >= 4 is 6.09 Å². The number of aliphatic hydroxyl groups is 5. The third-order valence-electron chi connectivity index (χ3n) is 5.07. The van der Waals surface area contributed by atoms with E-state index in [1.807, 2.05) is 20.8 Å². The molecule has 1 amide bonds. The zero-order valence-electron chi connectivity index (χ0n) is 15.4. The van der Waals surface area contributed by atoms with Crippen LogP contribution in [0.4, 0.5) is 4.79 Å². The van der Waals surface area contributed by atoms with Gasteiger partial charge in [-0.05, 0) is 11.8 Å². The third kappa shape index (κ3) is 6.49. The number of amides is 1. The molecular formula is C17H32N2O7. The second-order valence-electron chi connectivity index (χ2n) is 7.32. The van der Waals surface area contributed by atoms with Crippen LogP contribution in [0.2, 0.25) is 0 Å². The van der Waals surface area contributed by atoms with Gasteiger partial charge in [0.15, 0.2) is 0 Å². The molecule has 26 heavy (non-hydrogen) atoms. The maximum Gasteiger partial charge on any atom is 0.405 e. The molecule has 1 rings (SSSR count). The molecule has 0 saturated heterocycles. The maximum absolute atomic E-state index is 11.0. The molecule has 0 aliphatic heterocycles. The molecular weight excluding hydrogens is 344 g/mol. The molecule has 0 heterocycles. The molecule has 9 heteroatoms. The summed E-state index contributed by atoms with van der Waals surface area (Å²) in [5, 5.41) is 63.7. The van der Waals surface area contributed by atoms with Crippen LogP contribution in [0.5, 0.6) is 0 Å². The molecule has 0 aromatic rings. The van der Waals surface area contributed by atoms with Gasteiger partial charge in [-0.2, -0.15) is 0 Å². The summed E-state index contributed by atoms with van der Waals surface area (Å²) in [5.74, 6) is 0.138. The molecule has 0 radical (unpaired) electrons. The minimum Gasteiger partial charge on any atom is -0.465 e. The van der Waals surface area contributed by atoms with Gasteiger partial charge >= 0.3 is 6.09 Å². The molecule has 1 aliphatic carbocycles. The van der Waals surface area contributed by atoms with Crippen molar-refractivity contribution in [3.05, 3.63) is 12.2 Å². The van der Waals surface area contributed by atoms with Gasteiger partial charge in [0.25, 0.3) is 0 Å². The van der Waals surface area contributed by atoms with Crippen molar-refractivity contribution in [1.29, 1.82) is 0 Å². The monoisotopic (exact) mass is 376 g/mol. The summed E-state index contributed by atoms with van der Waals surface area (Å²) in [4.78, 5) is 11.0. The predicted octanol–water partition coefficient (Wildman–Crippen LogP) is -1.36. The summed E-state index contributed by atoms with van der Waals surface area (Å²) < 4.78 is 0. The molecule has 0 aromatic carbocycles. The van der Waals surface area contributed by atoms with Gasteiger partial charge in [0.2, 0.25) is 0 Å². The fourth-order valence-corrected chi connectivity index (χ4v) is 2.84. The van der Waals surface area contributed by atoms with E-state index >= 15 is 0 Å². The molecule has 0 spiro atoms. The largest absolute Gasteiger partial charge is 0.465 e. The average Bonchev–Trinajstić information content (AvgIpc) is 2.56. The predicted molar refractivity (Wildman–Crippen MR) is 94.5 cm³/mol. The lowest BCUT2D eigenvalue weighted by Crippen LogP contribution is -2.56. The van der Waals surface area contributed by atoms with Gasteiger partial charge in [0.05, 0.1) is 24.3 Å². The van der Waals surface area contributed by atoms with E-state index in [1.165, 1.54) is 12.2 Å². The highest BCUT2D eigenvalue weighted by atomic mass is 16.4. The van der Waals surface area contributed by atoms with Gasteiger partial charge in [-0.25, -0.2) is 4.79 Å². The number of carboxylic acid groups (broad SMARTS) is 1. The fourth-order valence-electron chi connectivity index (χ4n) is 2.84. The Bertz CT molecular complexity index is 474. The normalized spacial score (nSPS) is 30.7. The van der Waals surface area contributed by atoms with Gasteiger partial charge in [-0.3, -0.25) is 0 Å². The molecule has 9 nitrogen and oxygen atoms in total. The minimum atomic E-state index is -1.36. The Balaban J connectivity index is 2.69. The van der Waals surface area contributed by atoms with E-state index in [0.29, 0.717) is 0 Å². The smallest absolute Gasteiger partial charge is 0.405 e. The Morgan fingerprint density at radius 3 is 2.19 bits per heavy atom. The van der Waals surface area contributed by atoms with Crippen LogP contribution in [0, 0.1) is 11.8 Å². The first-order valence-corrected chi connectivity index (χ1v) is 8.86. The maximum atomic E-state index is 11.0. The van der Waals surface area contributed by atoms with E-state index < -0.39 is 48.7 Å². The summed E-state index contributed by atoms with van der Waals surface area (Å²) >= 11 is 0. The highest BCUT2D eigenvalue weighted by molar-refractivity contribution is 5.65. The Hall–Kier alpha value is -1.23. The lowest BCUT2D eigenvalue weighted by Gasteiger charge is -2.33. The van der Waals surface area contributed by atoms with Crippen LogP contribution >= 0.6 is 0 Å². The minimum absolute atomic E-state index is 0.00360. The Kier molecular flexibility index (Phi) is 8.94. The van der Waals surface area contributed by atoms with E-state index in [9.17, 15) is 30.3 Å². The molecule has 152 valence electrons. The SMILES string of the molecule is CC(C)C(C)C(O)CC(O)C(CNC1C=CC(O)C(O)C1O)NC(=O)O. The van der Waals surface area contributed by atoms with Crippen molar-refractivity contribution in [3.8, 4) is 0 Å². The first kappa shape index (κ1) is 22.8. The second-order valence-corrected chi connectivity index (χ2v) is 7.32. The van der Waals surface area contributed by atoms with E-state index in [-0.39, 0.29) is 24.8 Å². The number of aliphatic hydroxyl groups excluding tert-OH is 5. The highest BCUT2D eigenvalue weighted by Gasteiger charge is 2.34. The summed E-state index contributed by atoms with van der Waals surface area (Å²) in [6, 6.07) is -1.63. The zero-order valence-corrected chi connectivity index (χ0v) is 15.4. The Morgan fingerprint density at radius 1 is 1.04 bits per heavy atom. The fraction of sp³-hybridized carbons (Fsp3) is 0.824. The molecule has 8 atom stereocenters. The van der Waals surface area contributed by atoms with Crippen LogP contribution in [-0.2, 0) is 0 Å². The van der Waals surface area contributed by atoms with Gasteiger partial charge in [-0.15, -0.1) is 0 Å². The topological polar surface area (TPSA) is 163 Å². The number of nitrogens with one attached hydrogen (secondary N) is 2. The van der Waals surface area contributed by atoms with Gasteiger partial charge < -0.3 is 41.3 Å². The van der Waals surface area contributed by atoms with Crippen molar-refractivity contribution in [1.82, 2.24) is 10.6 Å². The molecule has 0 bridgehead atoms. The lowest BCUT2D eigenvalue weighted by molar-refractivity contribution is -0.0573. The average molecular weight is 376 g/mol. The third-order valence-corrected chi connectivity index (χ3v) is 5.07. The molecule has 0 fully saturated rings. The zero-order chi connectivity index (χ0) is 20.0. The summed E-state index contributed by atoms with van der Waals surface area (Å²) in [6.45, 7) is 5.72. The molecule has 8 unspecified atom stereocenters. The van der Waals surface area contributed by atoms with Gasteiger partial charge in [-0.1, -0.05) is 32.9 Å². The quantitative estimate of drug-likeness (QED) is 0.229. The number of rotatable bonds is 9. The summed E-state index contributed by atoms with van der Waals surface area (Å²) in [7, 11) is 0. The van der Waals surface area contributed by atoms with E-state index in [0.717, 1.165) is 0 Å². The Morgan fingerprint density at radius 2 is 1.65 bits per heavy atom. The summed E-state index contributed by atoms with van der Waals surface area (Å²) in [5.41, 5.74) is 0. The second kappa shape index (κ2) is 10.2. The molecule has 0 aromatic heterocycles. The standard InChI is InChI=1S/C17H32N2O7/c1-8(2)9(3)13(21)6-14(22)11(19-17(25)26)7-18-10-4-5-12(20)16(24)15(10)23/h4-5,8-16,18-24H,6-7H2,1-3H3,(H,25,26). The van der Waals surface area contributed by atoms with Crippen LogP contribution in [0.1, 0.15) is 27.2 Å². The van der Waals surface area contributed by atoms with Crippen molar-refractivity contribution in [2.24, 2.45) is 11.8 Å². The van der Waals surface area contributed by atoms with E-state index in [2.05, 4.69) is 10.6 Å². The van der Waals surface area contributed by atoms with E-state index in [4.69, 9.17) is 5.11 Å². The van der Waals surface area contributed by atoms with Crippen LogP contribution < -0.4 is 10.6 Å². The van der Waals surface area contributed by atoms with Crippen LogP contribution in [0.3, 0.4) is 0 Å². The Labute approximate surface area is 153 Å².